The molecule has 0 aromatic heterocycles. The van der Waals surface area contributed by atoms with Crippen LogP contribution < -0.4 is 5.32 Å². The highest BCUT2D eigenvalue weighted by atomic mass is 32.2. The zero-order chi connectivity index (χ0) is 12.3. The first-order valence-electron chi connectivity index (χ1n) is 6.50. The third kappa shape index (κ3) is 3.14. The maximum atomic E-state index is 10.1. The minimum atomic E-state index is -0.310. The van der Waals surface area contributed by atoms with Crippen LogP contribution in [0.5, 0.6) is 0 Å². The Balaban J connectivity index is 1.83. The zero-order valence-corrected chi connectivity index (χ0v) is 11.4. The van der Waals surface area contributed by atoms with Crippen LogP contribution >= 0.6 is 11.8 Å². The summed E-state index contributed by atoms with van der Waals surface area (Å²) in [6, 6.07) is 0.275. The van der Waals surface area contributed by atoms with Crippen LogP contribution in [0.2, 0.25) is 0 Å². The van der Waals surface area contributed by atoms with Crippen molar-refractivity contribution < 1.29 is 9.84 Å². The normalized spacial score (nSPS) is 34.1. The van der Waals surface area contributed by atoms with Crippen LogP contribution in [0, 0.1) is 0 Å². The number of aliphatic hydroxyl groups is 1. The molecule has 98 valence electrons. The molecule has 0 saturated carbocycles. The van der Waals surface area contributed by atoms with Crippen molar-refractivity contribution in [2.45, 2.75) is 62.7 Å². The second-order valence-electron chi connectivity index (χ2n) is 4.70. The quantitative estimate of drug-likeness (QED) is 0.806. The average Bonchev–Trinajstić information content (AvgIpc) is 2.77. The number of hydrogen-bond acceptors (Lipinski definition) is 5. The van der Waals surface area contributed by atoms with Crippen LogP contribution in [0.3, 0.4) is 0 Å². The largest absolute Gasteiger partial charge is 0.390 e. The average molecular weight is 258 g/mol. The van der Waals surface area contributed by atoms with Crippen LogP contribution in [0.4, 0.5) is 0 Å². The summed E-state index contributed by atoms with van der Waals surface area (Å²) in [5.41, 5.74) is 0.104. The molecule has 0 radical (unpaired) electrons. The number of aliphatic hydroxyl groups excluding tert-OH is 1. The lowest BCUT2D eigenvalue weighted by atomic mass is 9.98. The second-order valence-corrected chi connectivity index (χ2v) is 5.79. The zero-order valence-electron chi connectivity index (χ0n) is 10.6. The van der Waals surface area contributed by atoms with E-state index in [2.05, 4.69) is 17.2 Å². The van der Waals surface area contributed by atoms with Crippen LogP contribution in [0.25, 0.3) is 0 Å². The molecule has 4 atom stereocenters. The molecule has 0 spiro atoms. The number of rotatable bonds is 4. The number of unbranched alkanes of at least 4 members (excludes halogenated alkanes) is 1. The molecule has 2 aliphatic heterocycles. The van der Waals surface area contributed by atoms with Crippen molar-refractivity contribution in [3.63, 3.8) is 0 Å². The van der Waals surface area contributed by atoms with E-state index in [1.54, 1.807) is 11.8 Å². The Bertz CT molecular complexity index is 286. The molecule has 0 amide bonds. The molecular weight excluding hydrogens is 236 g/mol. The van der Waals surface area contributed by atoms with Gasteiger partial charge in [-0.2, -0.15) is 0 Å². The fraction of sp³-hybridized carbons (Fsp3) is 0.917. The number of fused-ring (bicyclic) bond motifs is 1. The Morgan fingerprint density at radius 2 is 2.41 bits per heavy atom. The lowest BCUT2D eigenvalue weighted by Crippen LogP contribution is -2.40. The first-order chi connectivity index (χ1) is 8.24. The molecule has 0 aromatic rings. The van der Waals surface area contributed by atoms with Gasteiger partial charge in [0.15, 0.2) is 5.17 Å². The van der Waals surface area contributed by atoms with Crippen molar-refractivity contribution in [3.05, 3.63) is 0 Å². The van der Waals surface area contributed by atoms with Gasteiger partial charge < -0.3 is 15.2 Å². The number of aliphatic imine (C=N–C) groups is 1. The molecule has 2 aliphatic rings. The van der Waals surface area contributed by atoms with Gasteiger partial charge >= 0.3 is 0 Å². The standard InChI is InChI=1S/C12H22N2O2S/c1-3-4-5-9(15)10-7-6-8-11(16-10)17-12(13-2)14-8/h8-11,15H,3-7H2,1-2H3,(H,13,14)/t8-,9-,10-,11-/m1/s1. The minimum Gasteiger partial charge on any atom is -0.390 e. The molecule has 0 unspecified atom stereocenters. The fourth-order valence-corrected chi connectivity index (χ4v) is 3.42. The van der Waals surface area contributed by atoms with E-state index >= 15 is 0 Å². The summed E-state index contributed by atoms with van der Waals surface area (Å²) in [5, 5.41) is 14.1. The molecular formula is C12H22N2O2S. The highest BCUT2D eigenvalue weighted by Gasteiger charge is 2.38. The van der Waals surface area contributed by atoms with Gasteiger partial charge in [0, 0.05) is 7.05 Å². The van der Waals surface area contributed by atoms with E-state index in [9.17, 15) is 5.11 Å². The van der Waals surface area contributed by atoms with Gasteiger partial charge in [-0.1, -0.05) is 31.5 Å². The summed E-state index contributed by atoms with van der Waals surface area (Å²) in [5.74, 6) is 0. The molecule has 0 bridgehead atoms. The van der Waals surface area contributed by atoms with Gasteiger partial charge in [0.1, 0.15) is 5.44 Å². The van der Waals surface area contributed by atoms with Crippen LogP contribution in [0.15, 0.2) is 4.99 Å². The lowest BCUT2D eigenvalue weighted by molar-refractivity contribution is -0.0819. The molecule has 1 fully saturated rings. The number of nitrogens with zero attached hydrogens (tertiary/aromatic N) is 1. The summed E-state index contributed by atoms with van der Waals surface area (Å²) < 4.78 is 5.96. The highest BCUT2D eigenvalue weighted by molar-refractivity contribution is 8.14. The fourth-order valence-electron chi connectivity index (χ4n) is 2.33. The summed E-state index contributed by atoms with van der Waals surface area (Å²) >= 11 is 1.65. The molecule has 2 rings (SSSR count). The molecule has 1 saturated heterocycles. The molecule has 5 heteroatoms. The van der Waals surface area contributed by atoms with E-state index in [4.69, 9.17) is 4.74 Å². The van der Waals surface area contributed by atoms with Crippen molar-refractivity contribution in [3.8, 4) is 0 Å². The first kappa shape index (κ1) is 13.2. The van der Waals surface area contributed by atoms with Crippen LogP contribution in [-0.2, 0) is 4.74 Å². The molecule has 4 nitrogen and oxygen atoms in total. The van der Waals surface area contributed by atoms with Gasteiger partial charge in [-0.15, -0.1) is 0 Å². The molecule has 0 aromatic carbocycles. The number of thioether (sulfide) groups is 1. The maximum absolute atomic E-state index is 10.1. The van der Waals surface area contributed by atoms with Gasteiger partial charge in [-0.05, 0) is 19.3 Å². The Hall–Kier alpha value is -0.260. The molecule has 17 heavy (non-hydrogen) atoms. The number of amidine groups is 1. The summed E-state index contributed by atoms with van der Waals surface area (Å²) in [6.45, 7) is 2.14. The van der Waals surface area contributed by atoms with Crippen LogP contribution in [-0.4, -0.2) is 41.0 Å². The summed E-state index contributed by atoms with van der Waals surface area (Å²) in [6.07, 6.45) is 4.68. The van der Waals surface area contributed by atoms with Gasteiger partial charge in [-0.3, -0.25) is 4.99 Å². The predicted octanol–water partition coefficient (Wildman–Crippen LogP) is 1.73. The second kappa shape index (κ2) is 6.07. The van der Waals surface area contributed by atoms with Crippen molar-refractivity contribution in [2.24, 2.45) is 4.99 Å². The SMILES string of the molecule is CCCC[C@@H](O)[C@H]1CC[C@H]2N=C(NC)S[C@H]2O1. The van der Waals surface area contributed by atoms with E-state index < -0.39 is 0 Å². The van der Waals surface area contributed by atoms with Crippen LogP contribution in [0.1, 0.15) is 39.0 Å². The lowest BCUT2D eigenvalue weighted by Gasteiger charge is -2.33. The monoisotopic (exact) mass is 258 g/mol. The van der Waals surface area contributed by atoms with Crippen molar-refractivity contribution >= 4 is 16.9 Å². The molecule has 2 heterocycles. The Morgan fingerprint density at radius 3 is 3.12 bits per heavy atom. The summed E-state index contributed by atoms with van der Waals surface area (Å²) in [4.78, 5) is 4.55. The van der Waals surface area contributed by atoms with E-state index in [0.717, 1.165) is 37.3 Å². The van der Waals surface area contributed by atoms with Crippen molar-refractivity contribution in [1.29, 1.82) is 0 Å². The van der Waals surface area contributed by atoms with E-state index in [0.29, 0.717) is 0 Å². The van der Waals surface area contributed by atoms with Crippen molar-refractivity contribution in [2.75, 3.05) is 7.05 Å². The third-order valence-electron chi connectivity index (χ3n) is 3.38. The smallest absolute Gasteiger partial charge is 0.159 e. The summed E-state index contributed by atoms with van der Waals surface area (Å²) in [7, 11) is 1.89. The van der Waals surface area contributed by atoms with Gasteiger partial charge in [0.25, 0.3) is 0 Å². The van der Waals surface area contributed by atoms with E-state index in [1.807, 2.05) is 7.05 Å². The number of hydrogen-bond donors (Lipinski definition) is 2. The van der Waals surface area contributed by atoms with E-state index in [-0.39, 0.29) is 23.7 Å². The highest BCUT2D eigenvalue weighted by Crippen LogP contribution is 2.36. The van der Waals surface area contributed by atoms with Gasteiger partial charge in [0.05, 0.1) is 18.2 Å². The Kier molecular flexibility index (Phi) is 4.70. The Morgan fingerprint density at radius 1 is 1.59 bits per heavy atom. The molecule has 2 N–H and O–H groups in total. The van der Waals surface area contributed by atoms with Gasteiger partial charge in [-0.25, -0.2) is 0 Å². The minimum absolute atomic E-state index is 0.00158. The Labute approximate surface area is 107 Å². The number of ether oxygens (including phenoxy) is 1. The maximum Gasteiger partial charge on any atom is 0.159 e. The molecule has 0 aliphatic carbocycles. The predicted molar refractivity (Wildman–Crippen MR) is 71.3 cm³/mol. The third-order valence-corrected chi connectivity index (χ3v) is 4.57. The topological polar surface area (TPSA) is 53.9 Å². The van der Waals surface area contributed by atoms with Crippen molar-refractivity contribution in [1.82, 2.24) is 5.32 Å². The number of nitrogens with one attached hydrogen (secondary N) is 1. The first-order valence-corrected chi connectivity index (χ1v) is 7.38. The van der Waals surface area contributed by atoms with E-state index in [1.165, 1.54) is 0 Å². The van der Waals surface area contributed by atoms with Gasteiger partial charge in [0.2, 0.25) is 0 Å².